The highest BCUT2D eigenvalue weighted by atomic mass is 35.5. The number of imide groups is 1. The second kappa shape index (κ2) is 13.0. The number of hydrogen-bond donors (Lipinski definition) is 0. The zero-order chi connectivity index (χ0) is 33.6. The molecular formula is C32H24Cl3N5O6S. The molecule has 0 spiro atoms. The largest absolute Gasteiger partial charge is 0.493 e. The Morgan fingerprint density at radius 1 is 0.851 bits per heavy atom. The summed E-state index contributed by atoms with van der Waals surface area (Å²) in [6.45, 7) is 0.188. The monoisotopic (exact) mass is 711 g/mol. The van der Waals surface area contributed by atoms with E-state index in [-0.39, 0.29) is 51.9 Å². The zero-order valence-electron chi connectivity index (χ0n) is 25.0. The minimum Gasteiger partial charge on any atom is -0.493 e. The Kier molecular flexibility index (Phi) is 8.95. The van der Waals surface area contributed by atoms with E-state index in [1.165, 1.54) is 35.2 Å². The van der Waals surface area contributed by atoms with Crippen LogP contribution in [-0.2, 0) is 32.0 Å². The van der Waals surface area contributed by atoms with Crippen LogP contribution in [0.3, 0.4) is 0 Å². The van der Waals surface area contributed by atoms with Gasteiger partial charge in [-0.05, 0) is 70.9 Å². The van der Waals surface area contributed by atoms with Crippen LogP contribution in [-0.4, -0.2) is 41.8 Å². The number of carbonyl (C=O) groups excluding carboxylic acids is 2. The number of ether oxygens (including phenoxy) is 2. The van der Waals surface area contributed by atoms with Crippen LogP contribution in [0.2, 0.25) is 15.1 Å². The van der Waals surface area contributed by atoms with Crippen molar-refractivity contribution in [3.63, 3.8) is 0 Å². The van der Waals surface area contributed by atoms with Crippen LogP contribution in [0.15, 0.2) is 75.2 Å². The summed E-state index contributed by atoms with van der Waals surface area (Å²) in [6, 6.07) is 16.8. The molecule has 0 bridgehead atoms. The number of imidazole rings is 1. The maximum atomic E-state index is 13.3. The third-order valence-electron chi connectivity index (χ3n) is 7.47. The van der Waals surface area contributed by atoms with Crippen molar-refractivity contribution in [2.75, 3.05) is 7.11 Å². The van der Waals surface area contributed by atoms with Gasteiger partial charge in [0.2, 0.25) is 0 Å². The molecule has 5 aromatic rings. The number of thioether (sulfide) groups is 1. The molecule has 3 aromatic carbocycles. The van der Waals surface area contributed by atoms with Crippen LogP contribution < -0.4 is 20.7 Å². The van der Waals surface area contributed by atoms with Gasteiger partial charge >= 0.3 is 11.7 Å². The van der Waals surface area contributed by atoms with Crippen molar-refractivity contribution in [2.45, 2.75) is 13.1 Å². The van der Waals surface area contributed by atoms with Gasteiger partial charge in [0.25, 0.3) is 16.7 Å². The standard InChI is InChI=1S/C32H24Cl3N5O6S/c1-37-27-26(29(42)38(2)31(37)43)39(16-19-7-10-21(34)14-22(19)35)30(36-27)46-23-11-6-18(12-24(23)45-3)13-25-28(41)40(32(44)47-25)15-17-4-8-20(33)9-5-17/h4-14H,15-16H2,1-3H3. The van der Waals surface area contributed by atoms with Gasteiger partial charge in [-0.15, -0.1) is 0 Å². The number of fused-ring (bicyclic) bond motifs is 1. The first-order valence-corrected chi connectivity index (χ1v) is 15.9. The Labute approximate surface area is 286 Å². The fourth-order valence-corrected chi connectivity index (χ4v) is 6.42. The van der Waals surface area contributed by atoms with Crippen LogP contribution in [0, 0.1) is 0 Å². The molecule has 11 nitrogen and oxygen atoms in total. The Morgan fingerprint density at radius 3 is 2.28 bits per heavy atom. The molecule has 0 saturated carbocycles. The molecule has 0 atom stereocenters. The van der Waals surface area contributed by atoms with Crippen LogP contribution in [0.25, 0.3) is 17.2 Å². The maximum absolute atomic E-state index is 13.3. The quantitative estimate of drug-likeness (QED) is 0.168. The zero-order valence-corrected chi connectivity index (χ0v) is 28.1. The van der Waals surface area contributed by atoms with Gasteiger partial charge in [-0.25, -0.2) is 4.79 Å². The number of carbonyl (C=O) groups is 2. The van der Waals surface area contributed by atoms with Crippen LogP contribution >= 0.6 is 46.6 Å². The Morgan fingerprint density at radius 2 is 1.57 bits per heavy atom. The molecule has 3 heterocycles. The lowest BCUT2D eigenvalue weighted by atomic mass is 10.1. The Hall–Kier alpha value is -4.49. The van der Waals surface area contributed by atoms with Crippen molar-refractivity contribution in [3.8, 4) is 17.5 Å². The number of aromatic nitrogens is 4. The molecule has 1 aliphatic rings. The molecule has 0 radical (unpaired) electrons. The first kappa shape index (κ1) is 32.5. The fraction of sp³-hybridized carbons (Fsp3) is 0.156. The lowest BCUT2D eigenvalue weighted by Crippen LogP contribution is -2.37. The van der Waals surface area contributed by atoms with E-state index in [4.69, 9.17) is 44.3 Å². The number of aryl methyl sites for hydroxylation is 1. The summed E-state index contributed by atoms with van der Waals surface area (Å²) in [6.07, 6.45) is 1.59. The smallest absolute Gasteiger partial charge is 0.332 e. The van der Waals surface area contributed by atoms with E-state index in [9.17, 15) is 19.2 Å². The third-order valence-corrected chi connectivity index (χ3v) is 9.22. The summed E-state index contributed by atoms with van der Waals surface area (Å²) < 4.78 is 15.6. The minimum atomic E-state index is -0.567. The molecule has 0 unspecified atom stereocenters. The second-order valence-electron chi connectivity index (χ2n) is 10.5. The fourth-order valence-electron chi connectivity index (χ4n) is 4.99. The van der Waals surface area contributed by atoms with E-state index in [2.05, 4.69) is 4.98 Å². The molecule has 0 aliphatic carbocycles. The predicted molar refractivity (Wildman–Crippen MR) is 182 cm³/mol. The molecule has 0 N–H and O–H groups in total. The highest BCUT2D eigenvalue weighted by Gasteiger charge is 2.35. The number of benzene rings is 3. The predicted octanol–water partition coefficient (Wildman–Crippen LogP) is 6.48. The summed E-state index contributed by atoms with van der Waals surface area (Å²) in [5.74, 6) is 0.0983. The van der Waals surface area contributed by atoms with Gasteiger partial charge in [-0.3, -0.25) is 33.0 Å². The normalized spacial score (nSPS) is 14.1. The third kappa shape index (κ3) is 6.29. The van der Waals surface area contributed by atoms with Crippen molar-refractivity contribution >= 4 is 75.0 Å². The van der Waals surface area contributed by atoms with E-state index >= 15 is 0 Å². The van der Waals surface area contributed by atoms with Gasteiger partial charge in [-0.1, -0.05) is 59.1 Å². The van der Waals surface area contributed by atoms with Gasteiger partial charge < -0.3 is 9.47 Å². The van der Waals surface area contributed by atoms with Gasteiger partial charge in [0.1, 0.15) is 0 Å². The summed E-state index contributed by atoms with van der Waals surface area (Å²) in [5, 5.41) is 0.983. The molecule has 2 amide bonds. The number of methoxy groups -OCH3 is 1. The van der Waals surface area contributed by atoms with E-state index in [0.717, 1.165) is 21.9 Å². The molecule has 2 aromatic heterocycles. The van der Waals surface area contributed by atoms with Crippen molar-refractivity contribution in [1.82, 2.24) is 23.6 Å². The number of rotatable bonds is 8. The molecule has 6 rings (SSSR count). The molecule has 1 saturated heterocycles. The van der Waals surface area contributed by atoms with Crippen molar-refractivity contribution < 1.29 is 19.1 Å². The van der Waals surface area contributed by atoms with Crippen molar-refractivity contribution in [3.05, 3.63) is 118 Å². The number of halogens is 3. The van der Waals surface area contributed by atoms with Crippen LogP contribution in [0.1, 0.15) is 16.7 Å². The number of hydrogen-bond acceptors (Lipinski definition) is 8. The number of nitrogens with zero attached hydrogens (tertiary/aromatic N) is 5. The minimum absolute atomic E-state index is 0.00122. The second-order valence-corrected chi connectivity index (χ2v) is 12.8. The van der Waals surface area contributed by atoms with E-state index < -0.39 is 17.2 Å². The van der Waals surface area contributed by atoms with E-state index in [1.54, 1.807) is 66.7 Å². The molecule has 1 fully saturated rings. The van der Waals surface area contributed by atoms with Gasteiger partial charge in [0.15, 0.2) is 22.7 Å². The van der Waals surface area contributed by atoms with Crippen LogP contribution in [0.5, 0.6) is 17.5 Å². The number of amides is 2. The summed E-state index contributed by atoms with van der Waals surface area (Å²) in [7, 11) is 4.33. The van der Waals surface area contributed by atoms with E-state index in [1.807, 2.05) is 0 Å². The van der Waals surface area contributed by atoms with Gasteiger partial charge in [0.05, 0.1) is 25.1 Å². The molecule has 1 aliphatic heterocycles. The molecule has 47 heavy (non-hydrogen) atoms. The maximum Gasteiger partial charge on any atom is 0.332 e. The Balaban J connectivity index is 1.34. The molecule has 240 valence electrons. The lowest BCUT2D eigenvalue weighted by molar-refractivity contribution is -0.123. The summed E-state index contributed by atoms with van der Waals surface area (Å²) in [4.78, 5) is 57.8. The summed E-state index contributed by atoms with van der Waals surface area (Å²) >= 11 is 19.4. The highest BCUT2D eigenvalue weighted by molar-refractivity contribution is 8.18. The SMILES string of the molecule is COc1cc(C=C2SC(=O)N(Cc3ccc(Cl)cc3)C2=O)ccc1Oc1nc2c(c(=O)n(C)c(=O)n2C)n1Cc1ccc(Cl)cc1Cl. The van der Waals surface area contributed by atoms with Gasteiger partial charge in [0, 0.05) is 29.2 Å². The van der Waals surface area contributed by atoms with Crippen molar-refractivity contribution in [1.29, 1.82) is 0 Å². The average Bonchev–Trinajstić information content (AvgIpc) is 3.53. The highest BCUT2D eigenvalue weighted by Crippen LogP contribution is 2.37. The van der Waals surface area contributed by atoms with Crippen molar-refractivity contribution in [2.24, 2.45) is 14.1 Å². The van der Waals surface area contributed by atoms with Crippen LogP contribution in [0.4, 0.5) is 4.79 Å². The lowest BCUT2D eigenvalue weighted by Gasteiger charge is -2.14. The topological polar surface area (TPSA) is 118 Å². The molecular weight excluding hydrogens is 689 g/mol. The van der Waals surface area contributed by atoms with Gasteiger partial charge in [-0.2, -0.15) is 4.98 Å². The average molecular weight is 713 g/mol. The molecule has 15 heteroatoms. The first-order valence-electron chi connectivity index (χ1n) is 13.9. The van der Waals surface area contributed by atoms with E-state index in [0.29, 0.717) is 26.2 Å². The summed E-state index contributed by atoms with van der Waals surface area (Å²) in [5.41, 5.74) is 1.09. The Bertz CT molecular complexity index is 2240. The first-order chi connectivity index (χ1) is 22.4.